The minimum Gasteiger partial charge on any atom is -0.466 e. The number of carbonyl (C=O) groups excluding carboxylic acids is 2. The highest BCUT2D eigenvalue weighted by Crippen LogP contribution is 2.59. The summed E-state index contributed by atoms with van der Waals surface area (Å²) in [7, 11) is 2.62. The molecule has 0 saturated heterocycles. The Hall–Kier alpha value is -2.88. The second kappa shape index (κ2) is 5.72. The lowest BCUT2D eigenvalue weighted by Crippen LogP contribution is -2.21. The molecule has 0 aromatic heterocycles. The molecule has 0 bridgehead atoms. The number of rotatable bonds is 4. The molecule has 1 aliphatic carbocycles. The van der Waals surface area contributed by atoms with E-state index in [1.54, 1.807) is 0 Å². The van der Waals surface area contributed by atoms with Gasteiger partial charge in [-0.1, -0.05) is 60.7 Å². The van der Waals surface area contributed by atoms with Gasteiger partial charge in [-0.05, 0) is 11.1 Å². The van der Waals surface area contributed by atoms with Crippen LogP contribution in [0.3, 0.4) is 0 Å². The van der Waals surface area contributed by atoms with Crippen LogP contribution >= 0.6 is 0 Å². The average Bonchev–Trinajstić information content (AvgIpc) is 3.33. The molecular formula is C19H16O4. The Morgan fingerprint density at radius 1 is 0.696 bits per heavy atom. The summed E-state index contributed by atoms with van der Waals surface area (Å²) >= 11 is 0. The van der Waals surface area contributed by atoms with E-state index < -0.39 is 17.4 Å². The van der Waals surface area contributed by atoms with Gasteiger partial charge in [-0.15, -0.1) is 0 Å². The van der Waals surface area contributed by atoms with Crippen LogP contribution in [-0.4, -0.2) is 26.2 Å². The summed E-state index contributed by atoms with van der Waals surface area (Å²) in [4.78, 5) is 24.6. The molecule has 0 saturated carbocycles. The summed E-state index contributed by atoms with van der Waals surface area (Å²) in [6.07, 6.45) is 0. The van der Waals surface area contributed by atoms with Gasteiger partial charge in [0.05, 0.1) is 30.8 Å². The molecule has 4 heteroatoms. The molecule has 0 atom stereocenters. The van der Waals surface area contributed by atoms with Crippen molar-refractivity contribution in [3.63, 3.8) is 0 Å². The maximum atomic E-state index is 12.3. The van der Waals surface area contributed by atoms with Crippen molar-refractivity contribution in [2.75, 3.05) is 14.2 Å². The highest BCUT2D eigenvalue weighted by molar-refractivity contribution is 6.16. The predicted octanol–water partition coefficient (Wildman–Crippen LogP) is 2.63. The van der Waals surface area contributed by atoms with Crippen LogP contribution in [0.5, 0.6) is 0 Å². The number of esters is 2. The molecular weight excluding hydrogens is 292 g/mol. The van der Waals surface area contributed by atoms with Gasteiger partial charge < -0.3 is 9.47 Å². The molecule has 0 fully saturated rings. The maximum Gasteiger partial charge on any atom is 0.335 e. The Bertz CT molecular complexity index is 708. The summed E-state index contributed by atoms with van der Waals surface area (Å²) in [6, 6.07) is 18.9. The molecule has 0 heterocycles. The third-order valence-electron chi connectivity index (χ3n) is 4.13. The van der Waals surface area contributed by atoms with Crippen LogP contribution in [0.2, 0.25) is 0 Å². The zero-order chi connectivity index (χ0) is 16.4. The molecule has 116 valence electrons. The Kier molecular flexibility index (Phi) is 3.74. The number of benzene rings is 2. The fourth-order valence-corrected chi connectivity index (χ4v) is 3.12. The molecule has 3 rings (SSSR count). The molecule has 2 aromatic carbocycles. The monoisotopic (exact) mass is 308 g/mol. The molecule has 0 aliphatic heterocycles. The maximum absolute atomic E-state index is 12.3. The van der Waals surface area contributed by atoms with Gasteiger partial charge in [0.15, 0.2) is 0 Å². The Morgan fingerprint density at radius 3 is 1.35 bits per heavy atom. The Balaban J connectivity index is 2.24. The van der Waals surface area contributed by atoms with Crippen LogP contribution in [0.15, 0.2) is 71.8 Å². The first-order valence-corrected chi connectivity index (χ1v) is 7.20. The van der Waals surface area contributed by atoms with Crippen molar-refractivity contribution in [3.8, 4) is 0 Å². The summed E-state index contributed by atoms with van der Waals surface area (Å²) in [5, 5.41) is 0. The molecule has 4 nitrogen and oxygen atoms in total. The molecule has 1 aliphatic rings. The van der Waals surface area contributed by atoms with Crippen LogP contribution in [-0.2, 0) is 24.5 Å². The minimum absolute atomic E-state index is 0.337. The van der Waals surface area contributed by atoms with Crippen LogP contribution < -0.4 is 0 Å². The first kappa shape index (κ1) is 15.0. The third-order valence-corrected chi connectivity index (χ3v) is 4.13. The number of methoxy groups -OCH3 is 2. The summed E-state index contributed by atoms with van der Waals surface area (Å²) < 4.78 is 9.79. The van der Waals surface area contributed by atoms with Crippen LogP contribution in [0, 0.1) is 0 Å². The first-order chi connectivity index (χ1) is 11.2. The van der Waals surface area contributed by atoms with Crippen molar-refractivity contribution < 1.29 is 19.1 Å². The Morgan fingerprint density at radius 2 is 1.04 bits per heavy atom. The van der Waals surface area contributed by atoms with Crippen molar-refractivity contribution in [3.05, 3.63) is 82.9 Å². The van der Waals surface area contributed by atoms with Crippen LogP contribution in [0.1, 0.15) is 11.1 Å². The summed E-state index contributed by atoms with van der Waals surface area (Å²) in [5.74, 6) is -1.03. The molecule has 2 aromatic rings. The van der Waals surface area contributed by atoms with E-state index in [4.69, 9.17) is 9.47 Å². The van der Waals surface area contributed by atoms with Crippen molar-refractivity contribution in [1.29, 1.82) is 0 Å². The molecule has 0 N–H and O–H groups in total. The lowest BCUT2D eigenvalue weighted by molar-refractivity contribution is -0.137. The molecule has 23 heavy (non-hydrogen) atoms. The fraction of sp³-hybridized carbons (Fsp3) is 0.158. The molecule has 0 spiro atoms. The number of hydrogen-bond acceptors (Lipinski definition) is 4. The average molecular weight is 308 g/mol. The second-order valence-electron chi connectivity index (χ2n) is 5.22. The number of carbonyl (C=O) groups is 2. The molecule has 0 amide bonds. The largest absolute Gasteiger partial charge is 0.466 e. The van der Waals surface area contributed by atoms with Gasteiger partial charge >= 0.3 is 11.9 Å². The van der Waals surface area contributed by atoms with Crippen molar-refractivity contribution in [2.24, 2.45) is 0 Å². The fourth-order valence-electron chi connectivity index (χ4n) is 3.12. The normalized spacial score (nSPS) is 15.0. The lowest BCUT2D eigenvalue weighted by Gasteiger charge is -2.20. The SMILES string of the molecule is COC(=O)C1=C(C(=O)OC)C1(c1ccccc1)c1ccccc1. The van der Waals surface area contributed by atoms with Gasteiger partial charge in [-0.2, -0.15) is 0 Å². The van der Waals surface area contributed by atoms with E-state index in [1.165, 1.54) is 14.2 Å². The minimum atomic E-state index is -0.900. The van der Waals surface area contributed by atoms with Gasteiger partial charge in [-0.25, -0.2) is 9.59 Å². The Labute approximate surface area is 134 Å². The van der Waals surface area contributed by atoms with Crippen molar-refractivity contribution >= 4 is 11.9 Å². The number of hydrogen-bond donors (Lipinski definition) is 0. The quantitative estimate of drug-likeness (QED) is 0.815. The first-order valence-electron chi connectivity index (χ1n) is 7.20. The van der Waals surface area contributed by atoms with Crippen LogP contribution in [0.25, 0.3) is 0 Å². The number of ether oxygens (including phenoxy) is 2. The molecule has 0 unspecified atom stereocenters. The van der Waals surface area contributed by atoms with Crippen molar-refractivity contribution in [2.45, 2.75) is 5.41 Å². The molecule has 0 radical (unpaired) electrons. The van der Waals surface area contributed by atoms with Gasteiger partial charge in [0.25, 0.3) is 0 Å². The highest BCUT2D eigenvalue weighted by atomic mass is 16.5. The van der Waals surface area contributed by atoms with E-state index in [0.717, 1.165) is 11.1 Å². The zero-order valence-corrected chi connectivity index (χ0v) is 12.9. The smallest absolute Gasteiger partial charge is 0.335 e. The van der Waals surface area contributed by atoms with Crippen molar-refractivity contribution in [1.82, 2.24) is 0 Å². The van der Waals surface area contributed by atoms with Gasteiger partial charge in [0.1, 0.15) is 0 Å². The van der Waals surface area contributed by atoms with E-state index in [0.29, 0.717) is 11.1 Å². The second-order valence-corrected chi connectivity index (χ2v) is 5.22. The topological polar surface area (TPSA) is 52.6 Å². The van der Waals surface area contributed by atoms with Gasteiger partial charge in [0, 0.05) is 0 Å². The van der Waals surface area contributed by atoms with E-state index in [1.807, 2.05) is 60.7 Å². The van der Waals surface area contributed by atoms with Crippen LogP contribution in [0.4, 0.5) is 0 Å². The predicted molar refractivity (Wildman–Crippen MR) is 84.7 cm³/mol. The van der Waals surface area contributed by atoms with E-state index in [-0.39, 0.29) is 0 Å². The van der Waals surface area contributed by atoms with E-state index in [2.05, 4.69) is 0 Å². The summed E-state index contributed by atoms with van der Waals surface area (Å²) in [5.41, 5.74) is 1.45. The lowest BCUT2D eigenvalue weighted by atomic mass is 9.81. The highest BCUT2D eigenvalue weighted by Gasteiger charge is 2.63. The summed E-state index contributed by atoms with van der Waals surface area (Å²) in [6.45, 7) is 0. The van der Waals surface area contributed by atoms with E-state index in [9.17, 15) is 9.59 Å². The van der Waals surface area contributed by atoms with Gasteiger partial charge in [-0.3, -0.25) is 0 Å². The third kappa shape index (κ3) is 2.14. The van der Waals surface area contributed by atoms with E-state index >= 15 is 0 Å². The van der Waals surface area contributed by atoms with Gasteiger partial charge in [0.2, 0.25) is 0 Å². The zero-order valence-electron chi connectivity index (χ0n) is 12.9. The standard InChI is InChI=1S/C19H16O4/c1-22-17(20)15-16(18(21)23-2)19(15,13-9-5-3-6-10-13)14-11-7-4-8-12-14/h3-12H,1-2H3.